The molecule has 0 saturated carbocycles. The fourth-order valence-electron chi connectivity index (χ4n) is 4.52. The lowest BCUT2D eigenvalue weighted by atomic mass is 10.1. The molecule has 9 nitrogen and oxygen atoms in total. The van der Waals surface area contributed by atoms with E-state index in [4.69, 9.17) is 21.4 Å². The molecule has 38 heavy (non-hydrogen) atoms. The molecule has 200 valence electrons. The van der Waals surface area contributed by atoms with Crippen molar-refractivity contribution in [3.05, 3.63) is 59.2 Å². The Morgan fingerprint density at radius 2 is 2.08 bits per heavy atom. The normalized spacial score (nSPS) is 17.3. The number of benzene rings is 1. The molecule has 3 N–H and O–H groups in total. The molecule has 2 aliphatic heterocycles. The molecule has 13 heteroatoms. The van der Waals surface area contributed by atoms with E-state index in [1.807, 2.05) is 4.90 Å². The van der Waals surface area contributed by atoms with Gasteiger partial charge in [-0.2, -0.15) is 13.2 Å². The van der Waals surface area contributed by atoms with Gasteiger partial charge >= 0.3 is 12.2 Å². The summed E-state index contributed by atoms with van der Waals surface area (Å²) in [5, 5.41) is 21.4. The van der Waals surface area contributed by atoms with Crippen molar-refractivity contribution in [1.82, 2.24) is 9.97 Å². The van der Waals surface area contributed by atoms with E-state index in [1.165, 1.54) is 29.3 Å². The minimum atomic E-state index is -4.53. The number of amides is 2. The number of carbonyl (C=O) groups excluding carboxylic acids is 1. The second-order valence-electron chi connectivity index (χ2n) is 8.96. The van der Waals surface area contributed by atoms with E-state index in [0.29, 0.717) is 36.7 Å². The Balaban J connectivity index is 1.46. The Bertz CT molecular complexity index is 1360. The van der Waals surface area contributed by atoms with Gasteiger partial charge in [0, 0.05) is 36.6 Å². The summed E-state index contributed by atoms with van der Waals surface area (Å²) in [5.74, 6) is 0.433. The summed E-state index contributed by atoms with van der Waals surface area (Å²) < 4.78 is 45.3. The lowest BCUT2D eigenvalue weighted by molar-refractivity contribution is -0.137. The van der Waals surface area contributed by atoms with Crippen molar-refractivity contribution in [3.63, 3.8) is 0 Å². The summed E-state index contributed by atoms with van der Waals surface area (Å²) in [6.45, 7) is 0.581. The van der Waals surface area contributed by atoms with Gasteiger partial charge in [-0.15, -0.1) is 0 Å². The van der Waals surface area contributed by atoms with Gasteiger partial charge < -0.3 is 25.2 Å². The maximum Gasteiger partial charge on any atom is 0.416 e. The van der Waals surface area contributed by atoms with E-state index in [-0.39, 0.29) is 34.8 Å². The number of ether oxygens (including phenoxy) is 1. The smallest absolute Gasteiger partial charge is 0.416 e. The highest BCUT2D eigenvalue weighted by atomic mass is 35.5. The Morgan fingerprint density at radius 1 is 1.26 bits per heavy atom. The van der Waals surface area contributed by atoms with Crippen LogP contribution < -0.4 is 19.9 Å². The number of aromatic nitrogens is 2. The van der Waals surface area contributed by atoms with Crippen LogP contribution >= 0.6 is 11.6 Å². The third-order valence-corrected chi connectivity index (χ3v) is 6.62. The Hall–Kier alpha value is -3.61. The molecule has 2 aromatic heterocycles. The largest absolute Gasteiger partial charge is 0.475 e. The number of carbonyl (C=O) groups is 1. The van der Waals surface area contributed by atoms with Crippen LogP contribution in [0.15, 0.2) is 48.7 Å². The van der Waals surface area contributed by atoms with Gasteiger partial charge in [-0.3, -0.25) is 4.90 Å². The van der Waals surface area contributed by atoms with Gasteiger partial charge in [0.05, 0.1) is 34.6 Å². The number of rotatable bonds is 6. The van der Waals surface area contributed by atoms with Gasteiger partial charge in [0.2, 0.25) is 5.88 Å². The lowest BCUT2D eigenvalue weighted by Crippen LogP contribution is -2.48. The third kappa shape index (κ3) is 5.19. The average Bonchev–Trinajstić information content (AvgIpc) is 3.31. The first-order chi connectivity index (χ1) is 18.1. The SMILES string of the molecule is O=C(Nc1ccnc(OC[C@@H](O)CO)c1)N1c2nc(-c3cccc(C(F)(F)F)c3)c(Cl)cc2N2CCC1C2. The first kappa shape index (κ1) is 26.0. The zero-order chi connectivity index (χ0) is 27.0. The van der Waals surface area contributed by atoms with Gasteiger partial charge in [0.15, 0.2) is 5.82 Å². The minimum Gasteiger partial charge on any atom is -0.475 e. The van der Waals surface area contributed by atoms with Crippen LogP contribution in [0.3, 0.4) is 0 Å². The summed E-state index contributed by atoms with van der Waals surface area (Å²) >= 11 is 6.49. The fraction of sp³-hybridized carbons (Fsp3) is 0.320. The highest BCUT2D eigenvalue weighted by Crippen LogP contribution is 2.43. The van der Waals surface area contributed by atoms with E-state index in [1.54, 1.807) is 12.1 Å². The summed E-state index contributed by atoms with van der Waals surface area (Å²) in [5.41, 5.74) is 0.478. The van der Waals surface area contributed by atoms with Crippen LogP contribution in [-0.4, -0.2) is 64.7 Å². The molecule has 0 radical (unpaired) electrons. The molecule has 1 saturated heterocycles. The summed E-state index contributed by atoms with van der Waals surface area (Å²) in [4.78, 5) is 25.7. The van der Waals surface area contributed by atoms with Crippen molar-refractivity contribution in [3.8, 4) is 17.1 Å². The maximum atomic E-state index is 13.5. The Morgan fingerprint density at radius 3 is 2.84 bits per heavy atom. The molecule has 4 heterocycles. The molecule has 5 rings (SSSR count). The zero-order valence-corrected chi connectivity index (χ0v) is 20.6. The maximum absolute atomic E-state index is 13.5. The van der Waals surface area contributed by atoms with Crippen LogP contribution in [0.5, 0.6) is 5.88 Å². The van der Waals surface area contributed by atoms with Crippen molar-refractivity contribution in [2.45, 2.75) is 24.7 Å². The number of halogens is 4. The first-order valence-corrected chi connectivity index (χ1v) is 12.1. The summed E-state index contributed by atoms with van der Waals surface area (Å²) in [7, 11) is 0. The lowest BCUT2D eigenvalue weighted by Gasteiger charge is -2.36. The van der Waals surface area contributed by atoms with Crippen LogP contribution in [0, 0.1) is 0 Å². The van der Waals surface area contributed by atoms with Crippen molar-refractivity contribution < 1.29 is 32.9 Å². The molecule has 2 bridgehead atoms. The molecular formula is C25H23ClF3N5O4. The number of hydrogen-bond donors (Lipinski definition) is 3. The topological polar surface area (TPSA) is 111 Å². The van der Waals surface area contributed by atoms with Crippen molar-refractivity contribution in [2.24, 2.45) is 0 Å². The highest BCUT2D eigenvalue weighted by molar-refractivity contribution is 6.33. The van der Waals surface area contributed by atoms with Crippen molar-refractivity contribution in [1.29, 1.82) is 0 Å². The van der Waals surface area contributed by atoms with Gasteiger partial charge in [-0.05, 0) is 30.7 Å². The number of anilines is 3. The molecule has 2 amide bonds. The number of fused-ring (bicyclic) bond motifs is 4. The molecule has 1 unspecified atom stereocenters. The highest BCUT2D eigenvalue weighted by Gasteiger charge is 2.41. The number of nitrogens with zero attached hydrogens (tertiary/aromatic N) is 4. The van der Waals surface area contributed by atoms with Gasteiger partial charge in [-0.25, -0.2) is 14.8 Å². The average molecular weight is 550 g/mol. The van der Waals surface area contributed by atoms with Crippen LogP contribution in [0.2, 0.25) is 5.02 Å². The van der Waals surface area contributed by atoms with Crippen molar-refractivity contribution in [2.75, 3.05) is 41.4 Å². The molecule has 0 spiro atoms. The molecule has 1 fully saturated rings. The molecular weight excluding hydrogens is 527 g/mol. The van der Waals surface area contributed by atoms with E-state index < -0.39 is 30.5 Å². The van der Waals surface area contributed by atoms with E-state index in [9.17, 15) is 23.1 Å². The van der Waals surface area contributed by atoms with E-state index >= 15 is 0 Å². The molecule has 3 aromatic rings. The fourth-order valence-corrected chi connectivity index (χ4v) is 4.77. The molecule has 2 aliphatic rings. The van der Waals surface area contributed by atoms with Crippen LogP contribution in [-0.2, 0) is 6.18 Å². The number of urea groups is 1. The standard InChI is InChI=1S/C25H23ClF3N5O4/c26-19-10-20-23(32-22(19)14-2-1-3-15(8-14)25(27,28)29)34(17-5-7-33(20)11-17)24(37)31-16-4-6-30-21(9-16)38-13-18(36)12-35/h1-4,6,8-10,17-18,35-36H,5,7,11-13H2,(H,30,31,37)/t17?,18-/m0/s1. The summed E-state index contributed by atoms with van der Waals surface area (Å²) in [6, 6.07) is 8.69. The van der Waals surface area contributed by atoms with E-state index in [0.717, 1.165) is 12.1 Å². The number of aliphatic hydroxyl groups is 2. The third-order valence-electron chi connectivity index (χ3n) is 6.34. The quantitative estimate of drug-likeness (QED) is 0.423. The van der Waals surface area contributed by atoms with Gasteiger partial charge in [0.25, 0.3) is 0 Å². The Labute approximate surface area is 220 Å². The van der Waals surface area contributed by atoms with Gasteiger partial charge in [0.1, 0.15) is 12.7 Å². The molecule has 0 aliphatic carbocycles. The first-order valence-electron chi connectivity index (χ1n) is 11.7. The molecule has 2 atom stereocenters. The van der Waals surface area contributed by atoms with E-state index in [2.05, 4.69) is 15.3 Å². The summed E-state index contributed by atoms with van der Waals surface area (Å²) in [6.07, 6.45) is -3.52. The minimum absolute atomic E-state index is 0.137. The predicted molar refractivity (Wildman–Crippen MR) is 135 cm³/mol. The van der Waals surface area contributed by atoms with Crippen LogP contribution in [0.1, 0.15) is 12.0 Å². The van der Waals surface area contributed by atoms with Gasteiger partial charge in [-0.1, -0.05) is 23.7 Å². The number of pyridine rings is 2. The van der Waals surface area contributed by atoms with Crippen LogP contribution in [0.25, 0.3) is 11.3 Å². The zero-order valence-electron chi connectivity index (χ0n) is 19.8. The monoisotopic (exact) mass is 549 g/mol. The number of alkyl halides is 3. The second-order valence-corrected chi connectivity index (χ2v) is 9.37. The molecule has 1 aromatic carbocycles. The Kier molecular flexibility index (Phi) is 7.03. The van der Waals surface area contributed by atoms with Crippen LogP contribution in [0.4, 0.5) is 35.2 Å². The number of hydrogen-bond acceptors (Lipinski definition) is 7. The number of nitrogens with one attached hydrogen (secondary N) is 1. The van der Waals surface area contributed by atoms with Crippen molar-refractivity contribution >= 4 is 34.8 Å². The predicted octanol–water partition coefficient (Wildman–Crippen LogP) is 4.18. The second kappa shape index (κ2) is 10.3. The number of aliphatic hydroxyl groups excluding tert-OH is 2.